The Kier molecular flexibility index (Phi) is 5.63. The summed E-state index contributed by atoms with van der Waals surface area (Å²) in [5.74, 6) is 0.293. The third-order valence-electron chi connectivity index (χ3n) is 3.62. The molecule has 1 aromatic carbocycles. The van der Waals surface area contributed by atoms with Gasteiger partial charge in [-0.1, -0.05) is 53.7 Å². The van der Waals surface area contributed by atoms with Crippen molar-refractivity contribution in [3.63, 3.8) is 0 Å². The molecule has 1 aromatic rings. The minimum atomic E-state index is -0.187. The van der Waals surface area contributed by atoms with Crippen LogP contribution < -0.4 is 11.1 Å². The smallest absolute Gasteiger partial charge is 0.224 e. The van der Waals surface area contributed by atoms with Gasteiger partial charge in [0.15, 0.2) is 0 Å². The molecule has 0 unspecified atom stereocenters. The first-order valence-electron chi connectivity index (χ1n) is 7.80. The molecular formula is C18H30N2O2. The van der Waals surface area contributed by atoms with E-state index in [-0.39, 0.29) is 16.7 Å². The molecular weight excluding hydrogens is 276 g/mol. The van der Waals surface area contributed by atoms with Crippen LogP contribution in [0, 0.1) is 0 Å². The van der Waals surface area contributed by atoms with Crippen molar-refractivity contribution in [1.29, 1.82) is 0 Å². The number of phenols is 1. The number of nitrogens with two attached hydrogens (primary N) is 1. The fraction of sp³-hybridized carbons (Fsp3) is 0.611. The Labute approximate surface area is 134 Å². The van der Waals surface area contributed by atoms with E-state index < -0.39 is 0 Å². The van der Waals surface area contributed by atoms with Crippen LogP contribution in [0.15, 0.2) is 12.1 Å². The van der Waals surface area contributed by atoms with E-state index in [1.54, 1.807) is 0 Å². The van der Waals surface area contributed by atoms with Gasteiger partial charge in [-0.05, 0) is 27.5 Å². The van der Waals surface area contributed by atoms with Crippen LogP contribution in [0.4, 0.5) is 0 Å². The highest BCUT2D eigenvalue weighted by molar-refractivity contribution is 5.78. The molecule has 0 saturated carbocycles. The highest BCUT2D eigenvalue weighted by Gasteiger charge is 2.26. The van der Waals surface area contributed by atoms with Crippen molar-refractivity contribution >= 4 is 5.91 Å². The Morgan fingerprint density at radius 2 is 1.55 bits per heavy atom. The third kappa shape index (κ3) is 4.73. The summed E-state index contributed by atoms with van der Waals surface area (Å²) in [6, 6.07) is 3.87. The van der Waals surface area contributed by atoms with Crippen molar-refractivity contribution in [3.8, 4) is 5.75 Å². The normalized spacial score (nSPS) is 12.3. The summed E-state index contributed by atoms with van der Waals surface area (Å²) >= 11 is 0. The van der Waals surface area contributed by atoms with Gasteiger partial charge in [-0.3, -0.25) is 4.79 Å². The fourth-order valence-corrected chi connectivity index (χ4v) is 2.40. The summed E-state index contributed by atoms with van der Waals surface area (Å²) in [7, 11) is 0. The van der Waals surface area contributed by atoms with E-state index in [2.05, 4.69) is 46.9 Å². The Bertz CT molecular complexity index is 502. The third-order valence-corrected chi connectivity index (χ3v) is 3.62. The number of nitrogens with one attached hydrogen (secondary N) is 1. The van der Waals surface area contributed by atoms with Gasteiger partial charge in [0.1, 0.15) is 5.75 Å². The van der Waals surface area contributed by atoms with Crippen LogP contribution in [-0.2, 0) is 22.0 Å². The minimum Gasteiger partial charge on any atom is -0.507 e. The first-order chi connectivity index (χ1) is 9.96. The zero-order valence-electron chi connectivity index (χ0n) is 14.7. The van der Waals surface area contributed by atoms with E-state index in [0.29, 0.717) is 25.3 Å². The van der Waals surface area contributed by atoms with Crippen molar-refractivity contribution in [2.75, 3.05) is 13.1 Å². The Balaban J connectivity index is 3.27. The van der Waals surface area contributed by atoms with Gasteiger partial charge < -0.3 is 16.2 Å². The zero-order valence-corrected chi connectivity index (χ0v) is 14.7. The molecule has 4 heteroatoms. The quantitative estimate of drug-likeness (QED) is 0.800. The van der Waals surface area contributed by atoms with Gasteiger partial charge in [-0.2, -0.15) is 0 Å². The van der Waals surface area contributed by atoms with Gasteiger partial charge in [0.25, 0.3) is 0 Å². The van der Waals surface area contributed by atoms with Crippen LogP contribution in [0.1, 0.15) is 58.2 Å². The largest absolute Gasteiger partial charge is 0.507 e. The van der Waals surface area contributed by atoms with E-state index in [9.17, 15) is 9.90 Å². The van der Waals surface area contributed by atoms with Gasteiger partial charge in [-0.15, -0.1) is 0 Å². The summed E-state index contributed by atoms with van der Waals surface area (Å²) in [6.45, 7) is 13.3. The molecule has 0 spiro atoms. The first kappa shape index (κ1) is 18.5. The van der Waals surface area contributed by atoms with Crippen molar-refractivity contribution < 1.29 is 9.90 Å². The summed E-state index contributed by atoms with van der Waals surface area (Å²) in [4.78, 5) is 11.9. The van der Waals surface area contributed by atoms with E-state index in [4.69, 9.17) is 5.73 Å². The maximum Gasteiger partial charge on any atom is 0.224 e. The van der Waals surface area contributed by atoms with Crippen LogP contribution in [0.3, 0.4) is 0 Å². The van der Waals surface area contributed by atoms with Gasteiger partial charge in [-0.25, -0.2) is 0 Å². The van der Waals surface area contributed by atoms with Crippen molar-refractivity contribution in [2.24, 2.45) is 5.73 Å². The number of hydrogen-bond donors (Lipinski definition) is 3. The number of carbonyl (C=O) groups excluding carboxylic acids is 1. The number of amides is 1. The number of phenolic OH excluding ortho intramolecular Hbond substituents is 1. The lowest BCUT2D eigenvalue weighted by molar-refractivity contribution is -0.120. The Hall–Kier alpha value is -1.55. The molecule has 22 heavy (non-hydrogen) atoms. The maximum absolute atomic E-state index is 11.9. The highest BCUT2D eigenvalue weighted by Crippen LogP contribution is 2.39. The molecule has 0 aromatic heterocycles. The minimum absolute atomic E-state index is 0.0455. The van der Waals surface area contributed by atoms with Gasteiger partial charge in [0, 0.05) is 13.1 Å². The number of benzene rings is 1. The lowest BCUT2D eigenvalue weighted by Gasteiger charge is -2.28. The lowest BCUT2D eigenvalue weighted by atomic mass is 9.78. The van der Waals surface area contributed by atoms with Gasteiger partial charge in [0.05, 0.1) is 6.42 Å². The predicted octanol–water partition coefficient (Wildman–Crippen LogP) is 2.60. The molecule has 1 amide bonds. The van der Waals surface area contributed by atoms with Crippen LogP contribution in [0.5, 0.6) is 5.75 Å². The standard InChI is InChI=1S/C18H30N2O2/c1-17(2,3)13-9-12(11-15(21)20-8-7-19)10-14(16(13)22)18(4,5)6/h9-10,22H,7-8,11,19H2,1-6H3,(H,20,21). The van der Waals surface area contributed by atoms with Gasteiger partial charge in [0.2, 0.25) is 5.91 Å². The van der Waals surface area contributed by atoms with E-state index in [1.165, 1.54) is 0 Å². The summed E-state index contributed by atoms with van der Waals surface area (Å²) < 4.78 is 0. The number of hydrogen-bond acceptors (Lipinski definition) is 3. The van der Waals surface area contributed by atoms with Crippen molar-refractivity contribution in [2.45, 2.75) is 58.8 Å². The van der Waals surface area contributed by atoms with Crippen molar-refractivity contribution in [1.82, 2.24) is 5.32 Å². The molecule has 0 saturated heterocycles. The predicted molar refractivity (Wildman–Crippen MR) is 91.3 cm³/mol. The zero-order chi connectivity index (χ0) is 17.1. The molecule has 4 N–H and O–H groups in total. The molecule has 0 fully saturated rings. The van der Waals surface area contributed by atoms with Crippen LogP contribution in [-0.4, -0.2) is 24.1 Å². The van der Waals surface area contributed by atoms with Gasteiger partial charge >= 0.3 is 0 Å². The molecule has 0 atom stereocenters. The van der Waals surface area contributed by atoms with Crippen LogP contribution in [0.25, 0.3) is 0 Å². The maximum atomic E-state index is 11.9. The van der Waals surface area contributed by atoms with E-state index in [0.717, 1.165) is 16.7 Å². The van der Waals surface area contributed by atoms with E-state index in [1.807, 2.05) is 12.1 Å². The highest BCUT2D eigenvalue weighted by atomic mass is 16.3. The number of rotatable bonds is 4. The van der Waals surface area contributed by atoms with Crippen molar-refractivity contribution in [3.05, 3.63) is 28.8 Å². The molecule has 4 nitrogen and oxygen atoms in total. The average molecular weight is 306 g/mol. The Morgan fingerprint density at radius 3 is 1.91 bits per heavy atom. The second-order valence-electron chi connectivity index (χ2n) is 7.85. The van der Waals surface area contributed by atoms with Crippen LogP contribution >= 0.6 is 0 Å². The molecule has 0 bridgehead atoms. The molecule has 0 heterocycles. The second kappa shape index (κ2) is 6.69. The molecule has 0 aliphatic carbocycles. The SMILES string of the molecule is CC(C)(C)c1cc(CC(=O)NCCN)cc(C(C)(C)C)c1O. The fourth-order valence-electron chi connectivity index (χ4n) is 2.40. The lowest BCUT2D eigenvalue weighted by Crippen LogP contribution is -2.30. The van der Waals surface area contributed by atoms with E-state index >= 15 is 0 Å². The summed E-state index contributed by atoms with van der Waals surface area (Å²) in [5, 5.41) is 13.4. The number of aromatic hydroxyl groups is 1. The Morgan fingerprint density at radius 1 is 1.09 bits per heavy atom. The molecule has 0 radical (unpaired) electrons. The number of carbonyl (C=O) groups is 1. The summed E-state index contributed by atoms with van der Waals surface area (Å²) in [6.07, 6.45) is 0.298. The molecule has 124 valence electrons. The monoisotopic (exact) mass is 306 g/mol. The first-order valence-corrected chi connectivity index (χ1v) is 7.80. The second-order valence-corrected chi connectivity index (χ2v) is 7.85. The summed E-state index contributed by atoms with van der Waals surface area (Å²) in [5.41, 5.74) is 7.70. The van der Waals surface area contributed by atoms with Crippen LogP contribution in [0.2, 0.25) is 0 Å². The molecule has 0 aliphatic rings. The molecule has 1 rings (SSSR count). The average Bonchev–Trinajstić information content (AvgIpc) is 2.35. The topological polar surface area (TPSA) is 75.4 Å². The molecule has 0 aliphatic heterocycles.